The molecule has 15 heteroatoms. The maximum atomic E-state index is 15.0. The number of amides is 1. The molecule has 2 aromatic carbocycles. The molecule has 1 aliphatic rings. The van der Waals surface area contributed by atoms with Crippen LogP contribution in [0.15, 0.2) is 61.2 Å². The second-order valence-electron chi connectivity index (χ2n) is 8.77. The lowest BCUT2D eigenvalue weighted by Gasteiger charge is -2.38. The third-order valence-corrected chi connectivity index (χ3v) is 6.43. The predicted octanol–water partition coefficient (Wildman–Crippen LogP) is 4.87. The minimum atomic E-state index is -5.36. The first-order chi connectivity index (χ1) is 18.9. The third-order valence-electron chi connectivity index (χ3n) is 6.10. The van der Waals surface area contributed by atoms with E-state index in [1.54, 1.807) is 18.2 Å². The highest BCUT2D eigenvalue weighted by Crippen LogP contribution is 2.37. The first kappa shape index (κ1) is 27.2. The standard InChI is InChI=1S/C25H17ClF5N5O4/c26-17-6-5-15(36-12-32-33-13-36)10-16(17)22(37)35-8-7-24(27,28)20(11-35)40-21-19(39-23(38)25(29,30)31)9-14-3-1-2-4-18(14)34-21/h1-6,9-10,12-13,20H,7-8,11H2/t20-/m0/s1. The van der Waals surface area contributed by atoms with E-state index >= 15 is 0 Å². The van der Waals surface area contributed by atoms with Crippen molar-refractivity contribution in [2.24, 2.45) is 0 Å². The number of aromatic nitrogens is 4. The molecule has 1 amide bonds. The number of esters is 1. The summed E-state index contributed by atoms with van der Waals surface area (Å²) in [5.74, 6) is -8.33. The first-order valence-corrected chi connectivity index (χ1v) is 12.0. The van der Waals surface area contributed by atoms with E-state index in [9.17, 15) is 31.5 Å². The number of fused-ring (bicyclic) bond motifs is 1. The zero-order valence-corrected chi connectivity index (χ0v) is 20.9. The number of para-hydroxylation sites is 1. The largest absolute Gasteiger partial charge is 0.491 e. The fourth-order valence-corrected chi connectivity index (χ4v) is 4.25. The van der Waals surface area contributed by atoms with Gasteiger partial charge in [-0.05, 0) is 30.3 Å². The van der Waals surface area contributed by atoms with Gasteiger partial charge in [0.15, 0.2) is 11.9 Å². The molecule has 3 heterocycles. The van der Waals surface area contributed by atoms with E-state index in [1.807, 2.05) is 0 Å². The minimum Gasteiger partial charge on any atom is -0.463 e. The highest BCUT2D eigenvalue weighted by molar-refractivity contribution is 6.33. The lowest BCUT2D eigenvalue weighted by atomic mass is 10.0. The minimum absolute atomic E-state index is 0.0143. The number of likely N-dealkylation sites (tertiary alicyclic amines) is 1. The van der Waals surface area contributed by atoms with Crippen molar-refractivity contribution in [1.29, 1.82) is 0 Å². The number of hydrogen-bond donors (Lipinski definition) is 0. The Balaban J connectivity index is 1.44. The Bertz CT molecular complexity index is 1580. The molecule has 1 fully saturated rings. The van der Waals surface area contributed by atoms with E-state index in [-0.39, 0.29) is 28.0 Å². The van der Waals surface area contributed by atoms with Gasteiger partial charge in [0, 0.05) is 24.0 Å². The molecule has 0 N–H and O–H groups in total. The lowest BCUT2D eigenvalue weighted by molar-refractivity contribution is -0.190. The summed E-state index contributed by atoms with van der Waals surface area (Å²) in [4.78, 5) is 30.0. The number of nitrogens with zero attached hydrogens (tertiary/aromatic N) is 5. The Morgan fingerprint density at radius 2 is 1.77 bits per heavy atom. The summed E-state index contributed by atoms with van der Waals surface area (Å²) in [6, 6.07) is 11.6. The van der Waals surface area contributed by atoms with Gasteiger partial charge in [0.05, 0.1) is 22.6 Å². The number of carbonyl (C=O) groups is 2. The van der Waals surface area contributed by atoms with Gasteiger partial charge in [-0.25, -0.2) is 18.6 Å². The number of rotatable bonds is 5. The molecule has 4 aromatic rings. The van der Waals surface area contributed by atoms with E-state index in [0.29, 0.717) is 5.69 Å². The van der Waals surface area contributed by atoms with Crippen molar-refractivity contribution >= 4 is 34.4 Å². The molecule has 0 aliphatic carbocycles. The summed E-state index contributed by atoms with van der Waals surface area (Å²) >= 11 is 6.24. The van der Waals surface area contributed by atoms with E-state index < -0.39 is 54.7 Å². The number of alkyl halides is 5. The fraction of sp³-hybridized carbons (Fsp3) is 0.240. The monoisotopic (exact) mass is 581 g/mol. The number of pyridine rings is 1. The zero-order valence-electron chi connectivity index (χ0n) is 20.1. The zero-order chi connectivity index (χ0) is 28.7. The maximum absolute atomic E-state index is 15.0. The summed E-state index contributed by atoms with van der Waals surface area (Å²) < 4.78 is 80.0. The Morgan fingerprint density at radius 3 is 2.50 bits per heavy atom. The van der Waals surface area contributed by atoms with Gasteiger partial charge < -0.3 is 14.4 Å². The Morgan fingerprint density at radius 1 is 1.05 bits per heavy atom. The average molecular weight is 582 g/mol. The highest BCUT2D eigenvalue weighted by atomic mass is 35.5. The van der Waals surface area contributed by atoms with E-state index in [4.69, 9.17) is 16.3 Å². The summed E-state index contributed by atoms with van der Waals surface area (Å²) in [5.41, 5.74) is 0.693. The van der Waals surface area contributed by atoms with Crippen molar-refractivity contribution in [3.8, 4) is 17.3 Å². The van der Waals surface area contributed by atoms with Crippen LogP contribution in [0, 0.1) is 0 Å². The second-order valence-corrected chi connectivity index (χ2v) is 9.18. The second kappa shape index (κ2) is 10.3. The smallest absolute Gasteiger partial charge is 0.463 e. The summed E-state index contributed by atoms with van der Waals surface area (Å²) in [6.07, 6.45) is -5.44. The fourth-order valence-electron chi connectivity index (χ4n) is 4.05. The summed E-state index contributed by atoms with van der Waals surface area (Å²) in [7, 11) is 0. The molecular weight excluding hydrogens is 565 g/mol. The van der Waals surface area contributed by atoms with Crippen molar-refractivity contribution in [3.63, 3.8) is 0 Å². The lowest BCUT2D eigenvalue weighted by Crippen LogP contribution is -2.55. The molecule has 2 aromatic heterocycles. The molecule has 0 bridgehead atoms. The van der Waals surface area contributed by atoms with E-state index in [0.717, 1.165) is 11.0 Å². The number of ether oxygens (including phenoxy) is 2. The highest BCUT2D eigenvalue weighted by Gasteiger charge is 2.48. The molecule has 1 aliphatic heterocycles. The number of piperidine rings is 1. The Hall–Kier alpha value is -4.33. The third kappa shape index (κ3) is 5.52. The van der Waals surface area contributed by atoms with Crippen LogP contribution in [-0.2, 0) is 4.79 Å². The molecule has 1 saturated heterocycles. The van der Waals surface area contributed by atoms with Gasteiger partial charge in [-0.2, -0.15) is 13.2 Å². The molecule has 0 unspecified atom stereocenters. The normalized spacial score (nSPS) is 17.1. The van der Waals surface area contributed by atoms with Crippen LogP contribution in [-0.4, -0.2) is 67.8 Å². The van der Waals surface area contributed by atoms with Crippen LogP contribution in [0.2, 0.25) is 5.02 Å². The van der Waals surface area contributed by atoms with E-state index in [2.05, 4.69) is 19.9 Å². The van der Waals surface area contributed by atoms with Crippen molar-refractivity contribution in [1.82, 2.24) is 24.6 Å². The Labute approximate surface area is 227 Å². The number of carbonyl (C=O) groups excluding carboxylic acids is 2. The van der Waals surface area contributed by atoms with E-state index in [1.165, 1.54) is 41.5 Å². The molecule has 40 heavy (non-hydrogen) atoms. The number of benzene rings is 2. The molecule has 208 valence electrons. The van der Waals surface area contributed by atoms with Crippen LogP contribution in [0.25, 0.3) is 16.6 Å². The van der Waals surface area contributed by atoms with Crippen molar-refractivity contribution in [2.45, 2.75) is 24.6 Å². The van der Waals surface area contributed by atoms with Crippen molar-refractivity contribution in [3.05, 3.63) is 71.8 Å². The van der Waals surface area contributed by atoms with Gasteiger partial charge in [-0.15, -0.1) is 10.2 Å². The quantitative estimate of drug-likeness (QED) is 0.245. The molecule has 5 rings (SSSR count). The van der Waals surface area contributed by atoms with Crippen molar-refractivity contribution in [2.75, 3.05) is 13.1 Å². The van der Waals surface area contributed by atoms with Gasteiger partial charge in [0.25, 0.3) is 17.7 Å². The molecule has 1 atom stereocenters. The summed E-state index contributed by atoms with van der Waals surface area (Å²) in [6.45, 7) is -1.03. The van der Waals surface area contributed by atoms with Crippen LogP contribution in [0.1, 0.15) is 16.8 Å². The maximum Gasteiger partial charge on any atom is 0.491 e. The first-order valence-electron chi connectivity index (χ1n) is 11.6. The molecule has 0 radical (unpaired) electrons. The molecular formula is C25H17ClF5N5O4. The number of hydrogen-bond acceptors (Lipinski definition) is 7. The predicted molar refractivity (Wildman–Crippen MR) is 130 cm³/mol. The van der Waals surface area contributed by atoms with Crippen LogP contribution in [0.5, 0.6) is 11.6 Å². The number of halogens is 6. The topological polar surface area (TPSA) is 99.4 Å². The van der Waals surface area contributed by atoms with Crippen LogP contribution in [0.3, 0.4) is 0 Å². The Kier molecular flexibility index (Phi) is 7.04. The molecule has 0 saturated carbocycles. The van der Waals surface area contributed by atoms with Crippen LogP contribution < -0.4 is 9.47 Å². The van der Waals surface area contributed by atoms with Crippen LogP contribution in [0.4, 0.5) is 22.0 Å². The van der Waals surface area contributed by atoms with Gasteiger partial charge in [-0.1, -0.05) is 29.8 Å². The van der Waals surface area contributed by atoms with Gasteiger partial charge in [0.2, 0.25) is 0 Å². The molecule has 9 nitrogen and oxygen atoms in total. The van der Waals surface area contributed by atoms with Crippen LogP contribution >= 0.6 is 11.6 Å². The van der Waals surface area contributed by atoms with Gasteiger partial charge in [0.1, 0.15) is 12.7 Å². The average Bonchev–Trinajstić information content (AvgIpc) is 3.44. The van der Waals surface area contributed by atoms with Crippen molar-refractivity contribution < 1.29 is 41.0 Å². The SMILES string of the molecule is O=C(c1cc(-n2cnnc2)ccc1Cl)N1CCC(F)(F)[C@@H](Oc2nc3ccccc3cc2OC(=O)C(F)(F)F)C1. The van der Waals surface area contributed by atoms with Gasteiger partial charge >= 0.3 is 12.1 Å². The molecule has 0 spiro atoms. The summed E-state index contributed by atoms with van der Waals surface area (Å²) in [5, 5.41) is 7.72. The van der Waals surface area contributed by atoms with Gasteiger partial charge in [-0.3, -0.25) is 9.36 Å².